The van der Waals surface area contributed by atoms with Crippen molar-refractivity contribution in [3.63, 3.8) is 0 Å². The fourth-order valence-corrected chi connectivity index (χ4v) is 5.74. The normalized spacial score (nSPS) is 36.8. The van der Waals surface area contributed by atoms with E-state index in [1.165, 1.54) is 32.1 Å². The van der Waals surface area contributed by atoms with Crippen molar-refractivity contribution in [2.75, 3.05) is 0 Å². The highest BCUT2D eigenvalue weighted by molar-refractivity contribution is 9.10. The van der Waals surface area contributed by atoms with Crippen molar-refractivity contribution in [1.82, 2.24) is 5.32 Å². The largest absolute Gasteiger partial charge is 0.349 e. The minimum absolute atomic E-state index is 0.0200. The van der Waals surface area contributed by atoms with E-state index in [1.807, 2.05) is 12.1 Å². The molecule has 0 aliphatic heterocycles. The summed E-state index contributed by atoms with van der Waals surface area (Å²) in [5.41, 5.74) is 0.580. The quantitative estimate of drug-likeness (QED) is 0.808. The minimum atomic E-state index is -0.0200. The molecule has 1 N–H and O–H groups in total. The fraction of sp³-hybridized carbons (Fsp3) is 0.588. The van der Waals surface area contributed by atoms with Crippen molar-refractivity contribution in [3.8, 4) is 0 Å². The molecule has 1 aromatic rings. The minimum Gasteiger partial charge on any atom is -0.349 e. The number of nitrogens with one attached hydrogen (secondary N) is 1. The van der Waals surface area contributed by atoms with Crippen LogP contribution in [0.25, 0.3) is 0 Å². The number of carbonyl (C=O) groups excluding carboxylic acids is 1. The second-order valence-corrected chi connectivity index (χ2v) is 8.07. The number of carbonyl (C=O) groups is 1. The predicted molar refractivity (Wildman–Crippen MR) is 87.5 cm³/mol. The third kappa shape index (κ3) is 2.24. The molecule has 4 heteroatoms. The summed E-state index contributed by atoms with van der Waals surface area (Å²) in [7, 11) is 0. The van der Waals surface area contributed by atoms with Gasteiger partial charge in [-0.05, 0) is 77.4 Å². The number of fused-ring (bicyclic) bond motifs is 5. The van der Waals surface area contributed by atoms with E-state index >= 15 is 0 Å². The average molecular weight is 369 g/mol. The molecule has 5 atom stereocenters. The lowest BCUT2D eigenvalue weighted by atomic mass is 9.79. The van der Waals surface area contributed by atoms with Crippen molar-refractivity contribution in [2.45, 2.75) is 38.1 Å². The molecular weight excluding hydrogens is 350 g/mol. The van der Waals surface area contributed by atoms with E-state index in [-0.39, 0.29) is 5.91 Å². The van der Waals surface area contributed by atoms with Gasteiger partial charge in [0, 0.05) is 10.5 Å². The average Bonchev–Trinajstić information content (AvgIpc) is 3.13. The van der Waals surface area contributed by atoms with Crippen molar-refractivity contribution < 1.29 is 4.79 Å². The zero-order valence-corrected chi connectivity index (χ0v) is 14.2. The highest BCUT2D eigenvalue weighted by Gasteiger charge is 2.54. The number of hydrogen-bond acceptors (Lipinski definition) is 1. The summed E-state index contributed by atoms with van der Waals surface area (Å²) in [6.07, 6.45) is 6.68. The van der Waals surface area contributed by atoms with E-state index in [0.717, 1.165) is 22.2 Å². The first kappa shape index (κ1) is 14.1. The summed E-state index contributed by atoms with van der Waals surface area (Å²) in [6.45, 7) is 0. The molecule has 3 aliphatic carbocycles. The van der Waals surface area contributed by atoms with Crippen molar-refractivity contribution in [1.29, 1.82) is 0 Å². The van der Waals surface area contributed by atoms with Crippen molar-refractivity contribution >= 4 is 33.4 Å². The molecule has 5 unspecified atom stereocenters. The Labute approximate surface area is 138 Å². The van der Waals surface area contributed by atoms with Crippen LogP contribution in [0, 0.1) is 23.7 Å². The molecule has 3 aliphatic rings. The van der Waals surface area contributed by atoms with Crippen LogP contribution in [0.4, 0.5) is 0 Å². The van der Waals surface area contributed by atoms with Crippen LogP contribution < -0.4 is 5.32 Å². The molecule has 1 amide bonds. The Balaban J connectivity index is 1.50. The van der Waals surface area contributed by atoms with Crippen LogP contribution in [0.2, 0.25) is 5.02 Å². The molecule has 0 spiro atoms. The standard InChI is InChI=1S/C17H19BrClNO/c18-14-6-2-5-12(16(14)19)17(21)20-15-8-9-7-13(15)11-4-1-3-10(9)11/h2,5-6,9-11,13,15H,1,3-4,7-8H2,(H,20,21). The van der Waals surface area contributed by atoms with E-state index in [2.05, 4.69) is 21.2 Å². The highest BCUT2D eigenvalue weighted by Crippen LogP contribution is 2.58. The van der Waals surface area contributed by atoms with Gasteiger partial charge >= 0.3 is 0 Å². The van der Waals surface area contributed by atoms with Gasteiger partial charge in [0.15, 0.2) is 0 Å². The Morgan fingerprint density at radius 3 is 2.86 bits per heavy atom. The van der Waals surface area contributed by atoms with E-state index in [4.69, 9.17) is 11.6 Å². The van der Waals surface area contributed by atoms with Crippen LogP contribution >= 0.6 is 27.5 Å². The molecule has 4 rings (SSSR count). The molecule has 2 bridgehead atoms. The van der Waals surface area contributed by atoms with Gasteiger partial charge in [0.1, 0.15) is 0 Å². The second kappa shape index (κ2) is 5.27. The molecule has 0 radical (unpaired) electrons. The van der Waals surface area contributed by atoms with Gasteiger partial charge in [-0.25, -0.2) is 0 Å². The number of amides is 1. The van der Waals surface area contributed by atoms with E-state index < -0.39 is 0 Å². The second-order valence-electron chi connectivity index (χ2n) is 6.84. The van der Waals surface area contributed by atoms with Gasteiger partial charge in [-0.3, -0.25) is 4.79 Å². The molecule has 1 aromatic carbocycles. The molecule has 0 aromatic heterocycles. The van der Waals surface area contributed by atoms with Crippen LogP contribution in [-0.4, -0.2) is 11.9 Å². The first-order valence-electron chi connectivity index (χ1n) is 7.90. The smallest absolute Gasteiger partial charge is 0.253 e. The van der Waals surface area contributed by atoms with Gasteiger partial charge in [-0.15, -0.1) is 0 Å². The van der Waals surface area contributed by atoms with E-state index in [9.17, 15) is 4.79 Å². The lowest BCUT2D eigenvalue weighted by molar-refractivity contribution is 0.0901. The van der Waals surface area contributed by atoms with Crippen molar-refractivity contribution in [3.05, 3.63) is 33.3 Å². The van der Waals surface area contributed by atoms with Gasteiger partial charge < -0.3 is 5.32 Å². The summed E-state index contributed by atoms with van der Waals surface area (Å²) < 4.78 is 0.778. The van der Waals surface area contributed by atoms with Gasteiger partial charge in [-0.2, -0.15) is 0 Å². The molecule has 3 saturated carbocycles. The fourth-order valence-electron chi connectivity index (χ4n) is 5.16. The maximum atomic E-state index is 12.5. The SMILES string of the molecule is O=C(NC1CC2CC1C1CCCC21)c1cccc(Br)c1Cl. The Bertz CT molecular complexity index is 590. The van der Waals surface area contributed by atoms with Crippen LogP contribution in [0.15, 0.2) is 22.7 Å². The Morgan fingerprint density at radius 2 is 2.00 bits per heavy atom. The molecule has 0 heterocycles. The zero-order valence-electron chi connectivity index (χ0n) is 11.8. The monoisotopic (exact) mass is 367 g/mol. The number of rotatable bonds is 2. The molecule has 21 heavy (non-hydrogen) atoms. The molecule has 2 nitrogen and oxygen atoms in total. The lowest BCUT2D eigenvalue weighted by Crippen LogP contribution is -2.42. The summed E-state index contributed by atoms with van der Waals surface area (Å²) >= 11 is 9.62. The van der Waals surface area contributed by atoms with Crippen LogP contribution in [0.1, 0.15) is 42.5 Å². The van der Waals surface area contributed by atoms with Crippen molar-refractivity contribution in [2.24, 2.45) is 23.7 Å². The number of halogens is 2. The van der Waals surface area contributed by atoms with Gasteiger partial charge in [0.25, 0.3) is 5.91 Å². The zero-order chi connectivity index (χ0) is 14.6. The Morgan fingerprint density at radius 1 is 1.19 bits per heavy atom. The topological polar surface area (TPSA) is 29.1 Å². The van der Waals surface area contributed by atoms with Gasteiger partial charge in [0.2, 0.25) is 0 Å². The maximum Gasteiger partial charge on any atom is 0.253 e. The molecular formula is C17H19BrClNO. The van der Waals surface area contributed by atoms with Crippen LogP contribution in [0.5, 0.6) is 0 Å². The summed E-state index contributed by atoms with van der Waals surface area (Å²) in [4.78, 5) is 12.5. The van der Waals surface area contributed by atoms with Gasteiger partial charge in [0.05, 0.1) is 10.6 Å². The Hall–Kier alpha value is -0.540. The first-order valence-corrected chi connectivity index (χ1v) is 9.07. The first-order chi connectivity index (χ1) is 10.1. The maximum absolute atomic E-state index is 12.5. The van der Waals surface area contributed by atoms with Gasteiger partial charge in [-0.1, -0.05) is 24.1 Å². The molecule has 0 saturated heterocycles. The van der Waals surface area contributed by atoms with Crippen LogP contribution in [-0.2, 0) is 0 Å². The van der Waals surface area contributed by atoms with Crippen LogP contribution in [0.3, 0.4) is 0 Å². The number of hydrogen-bond donors (Lipinski definition) is 1. The molecule has 112 valence electrons. The molecule has 3 fully saturated rings. The third-order valence-corrected chi connectivity index (χ3v) is 7.24. The summed E-state index contributed by atoms with van der Waals surface area (Å²) in [5, 5.41) is 3.77. The number of benzene rings is 1. The van der Waals surface area contributed by atoms with E-state index in [0.29, 0.717) is 22.5 Å². The Kier molecular flexibility index (Phi) is 3.54. The third-order valence-electron chi connectivity index (χ3n) is 5.94. The predicted octanol–water partition coefficient (Wildman–Crippen LogP) is 4.66. The lowest BCUT2D eigenvalue weighted by Gasteiger charge is -2.32. The highest BCUT2D eigenvalue weighted by atomic mass is 79.9. The summed E-state index contributed by atoms with van der Waals surface area (Å²) in [5.74, 6) is 3.36. The van der Waals surface area contributed by atoms with E-state index in [1.54, 1.807) is 6.07 Å². The summed E-state index contributed by atoms with van der Waals surface area (Å²) in [6, 6.07) is 5.88.